The Labute approximate surface area is 98.3 Å². The molecule has 2 rings (SSSR count). The summed E-state index contributed by atoms with van der Waals surface area (Å²) in [5.74, 6) is 0.105. The van der Waals surface area contributed by atoms with E-state index in [1.165, 1.54) is 30.2 Å². The average molecular weight is 253 g/mol. The standard InChI is InChI=1S/C9H11N5O2S/c1-14-8(4-6-12-14)17(15,16)13-9-7(10)3-2-5-11-9/h2-6H,10H2,1H3,(H,11,13). The SMILES string of the molecule is Cn1nccc1S(=O)(=O)Nc1ncccc1N. The molecule has 3 N–H and O–H groups in total. The molecule has 90 valence electrons. The van der Waals surface area contributed by atoms with Crippen LogP contribution in [-0.2, 0) is 17.1 Å². The van der Waals surface area contributed by atoms with Gasteiger partial charge in [0.2, 0.25) is 0 Å². The Kier molecular flexibility index (Phi) is 2.72. The van der Waals surface area contributed by atoms with E-state index in [9.17, 15) is 8.42 Å². The molecule has 0 saturated carbocycles. The van der Waals surface area contributed by atoms with Gasteiger partial charge < -0.3 is 5.73 Å². The van der Waals surface area contributed by atoms with E-state index in [1.54, 1.807) is 12.1 Å². The van der Waals surface area contributed by atoms with Gasteiger partial charge in [-0.3, -0.25) is 9.40 Å². The van der Waals surface area contributed by atoms with Crippen LogP contribution in [0.15, 0.2) is 35.6 Å². The monoisotopic (exact) mass is 253 g/mol. The first-order valence-corrected chi connectivity index (χ1v) is 6.20. The molecule has 7 nitrogen and oxygen atoms in total. The fourth-order valence-electron chi connectivity index (χ4n) is 1.31. The number of hydrogen-bond donors (Lipinski definition) is 2. The zero-order valence-corrected chi connectivity index (χ0v) is 9.85. The predicted octanol–water partition coefficient (Wildman–Crippen LogP) is 0.198. The number of sulfonamides is 1. The number of nitrogens with two attached hydrogens (primary N) is 1. The smallest absolute Gasteiger partial charge is 0.280 e. The summed E-state index contributed by atoms with van der Waals surface area (Å²) in [6.45, 7) is 0. The molecular weight excluding hydrogens is 242 g/mol. The molecule has 0 aliphatic heterocycles. The highest BCUT2D eigenvalue weighted by Crippen LogP contribution is 2.18. The van der Waals surface area contributed by atoms with Gasteiger partial charge in [0.05, 0.1) is 11.9 Å². The van der Waals surface area contributed by atoms with E-state index in [1.807, 2.05) is 0 Å². The molecule has 0 amide bonds. The summed E-state index contributed by atoms with van der Waals surface area (Å²) in [4.78, 5) is 3.86. The van der Waals surface area contributed by atoms with Crippen LogP contribution < -0.4 is 10.5 Å². The third kappa shape index (κ3) is 2.21. The lowest BCUT2D eigenvalue weighted by atomic mass is 10.4. The Morgan fingerprint density at radius 1 is 1.35 bits per heavy atom. The van der Waals surface area contributed by atoms with Gasteiger partial charge in [0.1, 0.15) is 0 Å². The van der Waals surface area contributed by atoms with E-state index in [-0.39, 0.29) is 16.5 Å². The number of aromatic nitrogens is 3. The van der Waals surface area contributed by atoms with Crippen molar-refractivity contribution in [2.45, 2.75) is 5.03 Å². The molecule has 17 heavy (non-hydrogen) atoms. The minimum absolute atomic E-state index is 0.0440. The second-order valence-corrected chi connectivity index (χ2v) is 4.97. The number of nitrogens with zero attached hydrogens (tertiary/aromatic N) is 3. The molecule has 0 aliphatic rings. The Balaban J connectivity index is 2.37. The highest BCUT2D eigenvalue weighted by atomic mass is 32.2. The van der Waals surface area contributed by atoms with Gasteiger partial charge in [0, 0.05) is 13.2 Å². The van der Waals surface area contributed by atoms with E-state index in [4.69, 9.17) is 5.73 Å². The van der Waals surface area contributed by atoms with E-state index in [0.29, 0.717) is 0 Å². The number of rotatable bonds is 3. The van der Waals surface area contributed by atoms with Crippen LogP contribution in [0.3, 0.4) is 0 Å². The van der Waals surface area contributed by atoms with Gasteiger partial charge in [-0.1, -0.05) is 0 Å². The van der Waals surface area contributed by atoms with Crippen LogP contribution in [0.2, 0.25) is 0 Å². The van der Waals surface area contributed by atoms with Crippen molar-refractivity contribution in [2.24, 2.45) is 7.05 Å². The summed E-state index contributed by atoms with van der Waals surface area (Å²) in [5, 5.41) is 3.84. The zero-order chi connectivity index (χ0) is 12.5. The Morgan fingerprint density at radius 3 is 2.71 bits per heavy atom. The van der Waals surface area contributed by atoms with Crippen LogP contribution in [0.25, 0.3) is 0 Å². The lowest BCUT2D eigenvalue weighted by Gasteiger charge is -2.08. The van der Waals surface area contributed by atoms with Crippen molar-refractivity contribution in [2.75, 3.05) is 10.5 Å². The van der Waals surface area contributed by atoms with Crippen molar-refractivity contribution >= 4 is 21.5 Å². The van der Waals surface area contributed by atoms with Crippen LogP contribution in [-0.4, -0.2) is 23.2 Å². The highest BCUT2D eigenvalue weighted by Gasteiger charge is 2.19. The van der Waals surface area contributed by atoms with Gasteiger partial charge in [0.25, 0.3) is 10.0 Å². The second-order valence-electron chi connectivity index (χ2n) is 3.34. The molecule has 0 aromatic carbocycles. The first-order valence-electron chi connectivity index (χ1n) is 4.72. The Bertz CT molecular complexity index is 634. The molecule has 2 heterocycles. The minimum Gasteiger partial charge on any atom is -0.396 e. The van der Waals surface area contributed by atoms with Crippen molar-refractivity contribution in [3.8, 4) is 0 Å². The number of nitrogen functional groups attached to an aromatic ring is 1. The number of pyridine rings is 1. The maximum absolute atomic E-state index is 12.0. The molecule has 0 spiro atoms. The van der Waals surface area contributed by atoms with Crippen LogP contribution >= 0.6 is 0 Å². The van der Waals surface area contributed by atoms with Crippen LogP contribution in [0.4, 0.5) is 11.5 Å². The van der Waals surface area contributed by atoms with Crippen molar-refractivity contribution in [1.29, 1.82) is 0 Å². The Hall–Kier alpha value is -2.09. The van der Waals surface area contributed by atoms with Crippen molar-refractivity contribution < 1.29 is 8.42 Å². The normalized spacial score (nSPS) is 11.4. The maximum Gasteiger partial charge on any atom is 0.280 e. The fraction of sp³-hybridized carbons (Fsp3) is 0.111. The molecule has 2 aromatic rings. The molecule has 8 heteroatoms. The molecule has 0 fully saturated rings. The van der Waals surface area contributed by atoms with Gasteiger partial charge in [-0.15, -0.1) is 0 Å². The second kappa shape index (κ2) is 4.06. The summed E-state index contributed by atoms with van der Waals surface area (Å²) in [7, 11) is -2.18. The van der Waals surface area contributed by atoms with Crippen molar-refractivity contribution in [3.63, 3.8) is 0 Å². The number of hydrogen-bond acceptors (Lipinski definition) is 5. The Morgan fingerprint density at radius 2 is 2.12 bits per heavy atom. The molecule has 0 bridgehead atoms. The topological polar surface area (TPSA) is 103 Å². The highest BCUT2D eigenvalue weighted by molar-refractivity contribution is 7.92. The molecule has 0 aliphatic carbocycles. The lowest BCUT2D eigenvalue weighted by molar-refractivity contribution is 0.582. The summed E-state index contributed by atoms with van der Waals surface area (Å²) in [5.41, 5.74) is 5.87. The molecule has 0 atom stereocenters. The van der Waals surface area contributed by atoms with E-state index in [0.717, 1.165) is 0 Å². The van der Waals surface area contributed by atoms with E-state index >= 15 is 0 Å². The van der Waals surface area contributed by atoms with Gasteiger partial charge in [-0.25, -0.2) is 4.98 Å². The van der Waals surface area contributed by atoms with Crippen molar-refractivity contribution in [1.82, 2.24) is 14.8 Å². The summed E-state index contributed by atoms with van der Waals surface area (Å²) < 4.78 is 27.5. The fourth-order valence-corrected chi connectivity index (χ4v) is 2.47. The van der Waals surface area contributed by atoms with Crippen LogP contribution in [0.1, 0.15) is 0 Å². The maximum atomic E-state index is 12.0. The third-order valence-corrected chi connectivity index (χ3v) is 3.53. The minimum atomic E-state index is -3.72. The third-order valence-electron chi connectivity index (χ3n) is 2.12. The molecule has 0 saturated heterocycles. The summed E-state index contributed by atoms with van der Waals surface area (Å²) in [6.07, 6.45) is 2.85. The lowest BCUT2D eigenvalue weighted by Crippen LogP contribution is -2.18. The predicted molar refractivity (Wildman–Crippen MR) is 62.7 cm³/mol. The largest absolute Gasteiger partial charge is 0.396 e. The summed E-state index contributed by atoms with van der Waals surface area (Å²) in [6, 6.07) is 4.58. The first kappa shape index (κ1) is 11.4. The number of nitrogens with one attached hydrogen (secondary N) is 1. The number of aryl methyl sites for hydroxylation is 1. The quantitative estimate of drug-likeness (QED) is 0.813. The van der Waals surface area contributed by atoms with Gasteiger partial charge in [-0.05, 0) is 18.2 Å². The van der Waals surface area contributed by atoms with Crippen LogP contribution in [0.5, 0.6) is 0 Å². The number of anilines is 2. The molecule has 2 aromatic heterocycles. The van der Waals surface area contributed by atoms with Gasteiger partial charge >= 0.3 is 0 Å². The van der Waals surface area contributed by atoms with Gasteiger partial charge in [-0.2, -0.15) is 13.5 Å². The molecular formula is C9H11N5O2S. The van der Waals surface area contributed by atoms with Crippen LogP contribution in [0, 0.1) is 0 Å². The van der Waals surface area contributed by atoms with Gasteiger partial charge in [0.15, 0.2) is 10.8 Å². The average Bonchev–Trinajstić information content (AvgIpc) is 2.68. The first-order chi connectivity index (χ1) is 8.00. The van der Waals surface area contributed by atoms with E-state index < -0.39 is 10.0 Å². The molecule has 0 radical (unpaired) electrons. The zero-order valence-electron chi connectivity index (χ0n) is 9.03. The molecule has 0 unspecified atom stereocenters. The van der Waals surface area contributed by atoms with Crippen molar-refractivity contribution in [3.05, 3.63) is 30.6 Å². The summed E-state index contributed by atoms with van der Waals surface area (Å²) >= 11 is 0. The van der Waals surface area contributed by atoms with E-state index in [2.05, 4.69) is 14.8 Å².